The van der Waals surface area contributed by atoms with Gasteiger partial charge in [-0.3, -0.25) is 4.79 Å². The molecule has 20 heavy (non-hydrogen) atoms. The van der Waals surface area contributed by atoms with Crippen molar-refractivity contribution < 1.29 is 9.90 Å². The SMILES string of the molecule is CCCC/C=C/C(=O)N(C)[C@@H](C)[C@H](O)c1ccccc1. The summed E-state index contributed by atoms with van der Waals surface area (Å²) in [6, 6.07) is 9.16. The first-order valence-corrected chi connectivity index (χ1v) is 7.24. The lowest BCUT2D eigenvalue weighted by atomic mass is 10.0. The van der Waals surface area contributed by atoms with E-state index in [0.717, 1.165) is 24.8 Å². The van der Waals surface area contributed by atoms with E-state index in [0.29, 0.717) is 0 Å². The second kappa shape index (κ2) is 8.54. The number of carbonyl (C=O) groups excluding carboxylic acids is 1. The minimum Gasteiger partial charge on any atom is -0.386 e. The molecular formula is C17H25NO2. The number of allylic oxidation sites excluding steroid dienone is 1. The lowest BCUT2D eigenvalue weighted by molar-refractivity contribution is -0.128. The van der Waals surface area contributed by atoms with E-state index < -0.39 is 6.10 Å². The number of hydrogen-bond donors (Lipinski definition) is 1. The number of hydrogen-bond acceptors (Lipinski definition) is 2. The zero-order valence-electron chi connectivity index (χ0n) is 12.6. The first-order chi connectivity index (χ1) is 9.57. The van der Waals surface area contributed by atoms with E-state index >= 15 is 0 Å². The fourth-order valence-corrected chi connectivity index (χ4v) is 1.96. The minimum atomic E-state index is -0.672. The second-order valence-corrected chi connectivity index (χ2v) is 5.09. The highest BCUT2D eigenvalue weighted by Crippen LogP contribution is 2.19. The Morgan fingerprint density at radius 3 is 2.60 bits per heavy atom. The Labute approximate surface area is 121 Å². The fraction of sp³-hybridized carbons (Fsp3) is 0.471. The van der Waals surface area contributed by atoms with Crippen molar-refractivity contribution in [1.29, 1.82) is 0 Å². The summed E-state index contributed by atoms with van der Waals surface area (Å²) in [5.74, 6) is -0.0661. The molecule has 110 valence electrons. The molecule has 3 nitrogen and oxygen atoms in total. The molecule has 1 N–H and O–H groups in total. The molecule has 0 radical (unpaired) electrons. The van der Waals surface area contributed by atoms with E-state index in [4.69, 9.17) is 0 Å². The number of unbranched alkanes of at least 4 members (excludes halogenated alkanes) is 2. The van der Waals surface area contributed by atoms with Crippen molar-refractivity contribution in [2.24, 2.45) is 0 Å². The molecule has 0 saturated heterocycles. The molecule has 0 spiro atoms. The van der Waals surface area contributed by atoms with Crippen molar-refractivity contribution in [2.45, 2.75) is 45.3 Å². The Hall–Kier alpha value is -1.61. The third kappa shape index (κ3) is 4.82. The van der Waals surface area contributed by atoms with Gasteiger partial charge in [0.1, 0.15) is 0 Å². The summed E-state index contributed by atoms with van der Waals surface area (Å²) >= 11 is 0. The van der Waals surface area contributed by atoms with Crippen LogP contribution in [0.5, 0.6) is 0 Å². The number of aliphatic hydroxyl groups is 1. The molecule has 0 aliphatic carbocycles. The highest BCUT2D eigenvalue weighted by molar-refractivity contribution is 5.87. The molecule has 0 heterocycles. The van der Waals surface area contributed by atoms with Gasteiger partial charge < -0.3 is 10.0 Å². The van der Waals surface area contributed by atoms with E-state index in [1.165, 1.54) is 0 Å². The van der Waals surface area contributed by atoms with Crippen LogP contribution in [0.15, 0.2) is 42.5 Å². The van der Waals surface area contributed by atoms with Crippen LogP contribution in [0.4, 0.5) is 0 Å². The summed E-state index contributed by atoms with van der Waals surface area (Å²) in [6.45, 7) is 3.98. The van der Waals surface area contributed by atoms with Gasteiger partial charge in [0.15, 0.2) is 0 Å². The Kier molecular flexibility index (Phi) is 7.02. The molecule has 0 aromatic heterocycles. The van der Waals surface area contributed by atoms with Gasteiger partial charge in [-0.25, -0.2) is 0 Å². The molecule has 1 amide bonds. The van der Waals surface area contributed by atoms with Gasteiger partial charge in [-0.1, -0.05) is 56.2 Å². The Bertz CT molecular complexity index is 428. The number of likely N-dealkylation sites (N-methyl/N-ethyl adjacent to an activating group) is 1. The summed E-state index contributed by atoms with van der Waals surface area (Å²) in [6.07, 6.45) is 5.97. The zero-order chi connectivity index (χ0) is 15.0. The van der Waals surface area contributed by atoms with Gasteiger partial charge in [0.25, 0.3) is 0 Å². The fourth-order valence-electron chi connectivity index (χ4n) is 1.96. The molecule has 2 atom stereocenters. The monoisotopic (exact) mass is 275 g/mol. The highest BCUT2D eigenvalue weighted by Gasteiger charge is 2.22. The molecule has 0 aliphatic heterocycles. The molecule has 3 heteroatoms. The molecular weight excluding hydrogens is 250 g/mol. The molecule has 0 fully saturated rings. The van der Waals surface area contributed by atoms with Crippen LogP contribution in [-0.4, -0.2) is 29.0 Å². The average Bonchev–Trinajstić information content (AvgIpc) is 2.50. The summed E-state index contributed by atoms with van der Waals surface area (Å²) < 4.78 is 0. The first-order valence-electron chi connectivity index (χ1n) is 7.24. The average molecular weight is 275 g/mol. The normalized spacial score (nSPS) is 14.2. The molecule has 0 bridgehead atoms. The van der Waals surface area contributed by atoms with Gasteiger partial charge in [-0.15, -0.1) is 0 Å². The summed E-state index contributed by atoms with van der Waals surface area (Å²) in [5, 5.41) is 10.3. The standard InChI is InChI=1S/C17H25NO2/c1-4-5-6-10-13-16(19)18(3)14(2)17(20)15-11-8-7-9-12-15/h7-14,17,20H,4-6H2,1-3H3/b13-10+/t14-,17-/m0/s1. The number of nitrogens with zero attached hydrogens (tertiary/aromatic N) is 1. The van der Waals surface area contributed by atoms with Gasteiger partial charge >= 0.3 is 0 Å². The number of rotatable bonds is 7. The molecule has 0 saturated carbocycles. The predicted molar refractivity (Wildman–Crippen MR) is 82.3 cm³/mol. The van der Waals surface area contributed by atoms with Crippen LogP contribution < -0.4 is 0 Å². The Morgan fingerprint density at radius 2 is 2.00 bits per heavy atom. The summed E-state index contributed by atoms with van der Waals surface area (Å²) in [7, 11) is 1.73. The minimum absolute atomic E-state index is 0.0661. The van der Waals surface area contributed by atoms with Crippen LogP contribution in [0.2, 0.25) is 0 Å². The summed E-state index contributed by atoms with van der Waals surface area (Å²) in [4.78, 5) is 13.6. The molecule has 0 aliphatic rings. The largest absolute Gasteiger partial charge is 0.386 e. The van der Waals surface area contributed by atoms with Crippen LogP contribution in [0.1, 0.15) is 44.8 Å². The maximum absolute atomic E-state index is 12.0. The Balaban J connectivity index is 2.59. The molecule has 1 aromatic carbocycles. The van der Waals surface area contributed by atoms with Crippen LogP contribution >= 0.6 is 0 Å². The van der Waals surface area contributed by atoms with Gasteiger partial charge in [0.05, 0.1) is 12.1 Å². The van der Waals surface area contributed by atoms with E-state index in [2.05, 4.69) is 6.92 Å². The highest BCUT2D eigenvalue weighted by atomic mass is 16.3. The number of amides is 1. The number of benzene rings is 1. The maximum atomic E-state index is 12.0. The van der Waals surface area contributed by atoms with E-state index in [1.807, 2.05) is 43.3 Å². The van der Waals surface area contributed by atoms with Gasteiger partial charge in [-0.05, 0) is 25.0 Å². The quantitative estimate of drug-likeness (QED) is 0.612. The van der Waals surface area contributed by atoms with Crippen LogP contribution in [0, 0.1) is 0 Å². The van der Waals surface area contributed by atoms with Crippen LogP contribution in [0.25, 0.3) is 0 Å². The number of aliphatic hydroxyl groups excluding tert-OH is 1. The molecule has 0 unspecified atom stereocenters. The first kappa shape index (κ1) is 16.4. The second-order valence-electron chi connectivity index (χ2n) is 5.09. The van der Waals surface area contributed by atoms with E-state index in [-0.39, 0.29) is 11.9 Å². The van der Waals surface area contributed by atoms with Crippen LogP contribution in [-0.2, 0) is 4.79 Å². The van der Waals surface area contributed by atoms with E-state index in [9.17, 15) is 9.90 Å². The van der Waals surface area contributed by atoms with Crippen molar-refractivity contribution >= 4 is 5.91 Å². The van der Waals surface area contributed by atoms with E-state index in [1.54, 1.807) is 18.0 Å². The van der Waals surface area contributed by atoms with Gasteiger partial charge in [-0.2, -0.15) is 0 Å². The van der Waals surface area contributed by atoms with Crippen molar-refractivity contribution in [3.8, 4) is 0 Å². The van der Waals surface area contributed by atoms with Crippen molar-refractivity contribution in [3.63, 3.8) is 0 Å². The maximum Gasteiger partial charge on any atom is 0.246 e. The Morgan fingerprint density at radius 1 is 1.35 bits per heavy atom. The van der Waals surface area contributed by atoms with Gasteiger partial charge in [0.2, 0.25) is 5.91 Å². The smallest absolute Gasteiger partial charge is 0.246 e. The molecule has 1 aromatic rings. The topological polar surface area (TPSA) is 40.5 Å². The zero-order valence-corrected chi connectivity index (χ0v) is 12.6. The van der Waals surface area contributed by atoms with Gasteiger partial charge in [0, 0.05) is 7.05 Å². The van der Waals surface area contributed by atoms with Crippen molar-refractivity contribution in [1.82, 2.24) is 4.90 Å². The lowest BCUT2D eigenvalue weighted by Crippen LogP contribution is -2.38. The van der Waals surface area contributed by atoms with Crippen LogP contribution in [0.3, 0.4) is 0 Å². The lowest BCUT2D eigenvalue weighted by Gasteiger charge is -2.28. The predicted octanol–water partition coefficient (Wildman–Crippen LogP) is 3.31. The third-order valence-electron chi connectivity index (χ3n) is 3.54. The number of carbonyl (C=O) groups is 1. The third-order valence-corrected chi connectivity index (χ3v) is 3.54. The van der Waals surface area contributed by atoms with Crippen molar-refractivity contribution in [2.75, 3.05) is 7.05 Å². The molecule has 1 rings (SSSR count). The summed E-state index contributed by atoms with van der Waals surface area (Å²) in [5.41, 5.74) is 0.828. The van der Waals surface area contributed by atoms with Crippen molar-refractivity contribution in [3.05, 3.63) is 48.0 Å².